The lowest BCUT2D eigenvalue weighted by atomic mass is 10.1. The number of hydrogen-bond acceptors (Lipinski definition) is 5. The van der Waals surface area contributed by atoms with Gasteiger partial charge in [0.1, 0.15) is 11.5 Å². The van der Waals surface area contributed by atoms with E-state index in [0.717, 1.165) is 40.6 Å². The van der Waals surface area contributed by atoms with Gasteiger partial charge in [0.15, 0.2) is 0 Å². The zero-order chi connectivity index (χ0) is 13.2. The summed E-state index contributed by atoms with van der Waals surface area (Å²) in [5.41, 5.74) is 7.70. The van der Waals surface area contributed by atoms with Gasteiger partial charge in [0.05, 0.1) is 24.4 Å². The van der Waals surface area contributed by atoms with Crippen LogP contribution in [0.15, 0.2) is 18.2 Å². The number of aromatic nitrogens is 1. The fraction of sp³-hybridized carbons (Fsp3) is 0.357. The van der Waals surface area contributed by atoms with Crippen LogP contribution in [0.5, 0.6) is 11.5 Å². The fourth-order valence-corrected chi connectivity index (χ4v) is 3.29. The van der Waals surface area contributed by atoms with Crippen molar-refractivity contribution in [2.45, 2.75) is 12.8 Å². The number of fused-ring (bicyclic) bond motifs is 3. The molecule has 0 saturated carbocycles. The highest BCUT2D eigenvalue weighted by molar-refractivity contribution is 7.12. The highest BCUT2D eigenvalue weighted by Gasteiger charge is 2.20. The summed E-state index contributed by atoms with van der Waals surface area (Å²) < 4.78 is 11.0. The van der Waals surface area contributed by atoms with Crippen LogP contribution in [0.1, 0.15) is 9.88 Å². The summed E-state index contributed by atoms with van der Waals surface area (Å²) in [7, 11) is 1.66. The predicted molar refractivity (Wildman–Crippen MR) is 76.1 cm³/mol. The molecule has 19 heavy (non-hydrogen) atoms. The third-order valence-corrected chi connectivity index (χ3v) is 4.31. The monoisotopic (exact) mass is 276 g/mol. The Morgan fingerprint density at radius 3 is 3.16 bits per heavy atom. The van der Waals surface area contributed by atoms with Crippen LogP contribution in [0, 0.1) is 0 Å². The first kappa shape index (κ1) is 12.4. The van der Waals surface area contributed by atoms with Gasteiger partial charge >= 0.3 is 0 Å². The molecular formula is C14H16N2O2S. The SMILES string of the molecule is COc1ccc2c(c1)OCCc1sc(CCN)nc1-2. The minimum atomic E-state index is 0.637. The Kier molecular flexibility index (Phi) is 3.40. The van der Waals surface area contributed by atoms with Gasteiger partial charge in [0.25, 0.3) is 0 Å². The maximum absolute atomic E-state index is 5.79. The molecule has 2 aromatic rings. The van der Waals surface area contributed by atoms with Crippen LogP contribution in [-0.2, 0) is 12.8 Å². The van der Waals surface area contributed by atoms with E-state index < -0.39 is 0 Å². The lowest BCUT2D eigenvalue weighted by Gasteiger charge is -2.08. The van der Waals surface area contributed by atoms with Crippen molar-refractivity contribution in [2.24, 2.45) is 5.73 Å². The van der Waals surface area contributed by atoms with E-state index in [4.69, 9.17) is 20.2 Å². The summed E-state index contributed by atoms with van der Waals surface area (Å²) in [5, 5.41) is 1.11. The summed E-state index contributed by atoms with van der Waals surface area (Å²) in [6.07, 6.45) is 1.73. The van der Waals surface area contributed by atoms with Crippen molar-refractivity contribution in [1.29, 1.82) is 0 Å². The Hall–Kier alpha value is -1.59. The van der Waals surface area contributed by atoms with Crippen molar-refractivity contribution < 1.29 is 9.47 Å². The van der Waals surface area contributed by atoms with Crippen LogP contribution >= 0.6 is 11.3 Å². The van der Waals surface area contributed by atoms with Gasteiger partial charge in [0, 0.05) is 29.3 Å². The second kappa shape index (κ2) is 5.19. The van der Waals surface area contributed by atoms with Crippen LogP contribution in [0.3, 0.4) is 0 Å². The molecule has 0 bridgehead atoms. The molecular weight excluding hydrogens is 260 g/mol. The van der Waals surface area contributed by atoms with Crippen LogP contribution in [0.4, 0.5) is 0 Å². The Morgan fingerprint density at radius 1 is 1.47 bits per heavy atom. The van der Waals surface area contributed by atoms with Crippen LogP contribution in [0.25, 0.3) is 11.3 Å². The van der Waals surface area contributed by atoms with E-state index in [-0.39, 0.29) is 0 Å². The largest absolute Gasteiger partial charge is 0.497 e. The third-order valence-electron chi connectivity index (χ3n) is 3.13. The highest BCUT2D eigenvalue weighted by Crippen LogP contribution is 2.39. The first-order valence-electron chi connectivity index (χ1n) is 6.31. The summed E-state index contributed by atoms with van der Waals surface area (Å²) in [4.78, 5) is 6.00. The normalized spacial score (nSPS) is 13.2. The van der Waals surface area contributed by atoms with Gasteiger partial charge in [-0.15, -0.1) is 11.3 Å². The molecule has 0 aliphatic carbocycles. The van der Waals surface area contributed by atoms with Gasteiger partial charge in [-0.25, -0.2) is 4.98 Å². The minimum absolute atomic E-state index is 0.637. The van der Waals surface area contributed by atoms with Crippen molar-refractivity contribution in [3.8, 4) is 22.8 Å². The topological polar surface area (TPSA) is 57.4 Å². The Balaban J connectivity index is 2.08. The quantitative estimate of drug-likeness (QED) is 0.934. The smallest absolute Gasteiger partial charge is 0.132 e. The van der Waals surface area contributed by atoms with Crippen LogP contribution < -0.4 is 15.2 Å². The summed E-state index contributed by atoms with van der Waals surface area (Å²) in [6, 6.07) is 5.88. The Morgan fingerprint density at radius 2 is 2.37 bits per heavy atom. The summed E-state index contributed by atoms with van der Waals surface area (Å²) in [6.45, 7) is 1.32. The average molecular weight is 276 g/mol. The molecule has 5 heteroatoms. The number of nitrogens with zero attached hydrogens (tertiary/aromatic N) is 1. The number of rotatable bonds is 3. The molecule has 4 nitrogen and oxygen atoms in total. The van der Waals surface area contributed by atoms with E-state index >= 15 is 0 Å². The Labute approximate surface area is 116 Å². The summed E-state index contributed by atoms with van der Waals surface area (Å²) in [5.74, 6) is 1.65. The molecule has 0 atom stereocenters. The van der Waals surface area contributed by atoms with Crippen LogP contribution in [0.2, 0.25) is 0 Å². The molecule has 0 unspecified atom stereocenters. The van der Waals surface area contributed by atoms with Gasteiger partial charge in [-0.3, -0.25) is 0 Å². The molecule has 1 aromatic carbocycles. The first-order valence-corrected chi connectivity index (χ1v) is 7.13. The molecule has 0 spiro atoms. The molecule has 0 fully saturated rings. The summed E-state index contributed by atoms with van der Waals surface area (Å²) >= 11 is 1.74. The van der Waals surface area contributed by atoms with Crippen molar-refractivity contribution in [2.75, 3.05) is 20.3 Å². The van der Waals surface area contributed by atoms with Crippen molar-refractivity contribution in [1.82, 2.24) is 4.98 Å². The second-order valence-corrected chi connectivity index (χ2v) is 5.55. The van der Waals surface area contributed by atoms with Gasteiger partial charge < -0.3 is 15.2 Å². The zero-order valence-corrected chi connectivity index (χ0v) is 11.6. The molecule has 100 valence electrons. The predicted octanol–water partition coefficient (Wildman–Crippen LogP) is 2.25. The number of benzene rings is 1. The van der Waals surface area contributed by atoms with Gasteiger partial charge in [0.2, 0.25) is 0 Å². The van der Waals surface area contributed by atoms with Gasteiger partial charge in [-0.05, 0) is 18.7 Å². The average Bonchev–Trinajstić information content (AvgIpc) is 2.74. The molecule has 2 heterocycles. The number of hydrogen-bond donors (Lipinski definition) is 1. The maximum atomic E-state index is 5.79. The van der Waals surface area contributed by atoms with Crippen molar-refractivity contribution in [3.63, 3.8) is 0 Å². The number of methoxy groups -OCH3 is 1. The molecule has 3 rings (SSSR count). The lowest BCUT2D eigenvalue weighted by molar-refractivity contribution is 0.324. The van der Waals surface area contributed by atoms with Gasteiger partial charge in [-0.2, -0.15) is 0 Å². The van der Waals surface area contributed by atoms with Crippen molar-refractivity contribution >= 4 is 11.3 Å². The molecule has 1 aliphatic rings. The van der Waals surface area contributed by atoms with E-state index in [0.29, 0.717) is 13.2 Å². The molecule has 0 radical (unpaired) electrons. The first-order chi connectivity index (χ1) is 9.31. The Bertz CT molecular complexity index is 595. The zero-order valence-electron chi connectivity index (χ0n) is 10.8. The molecule has 0 saturated heterocycles. The minimum Gasteiger partial charge on any atom is -0.497 e. The third kappa shape index (κ3) is 2.31. The number of ether oxygens (including phenoxy) is 2. The molecule has 1 aromatic heterocycles. The highest BCUT2D eigenvalue weighted by atomic mass is 32.1. The van der Waals surface area contributed by atoms with E-state index in [2.05, 4.69) is 0 Å². The number of nitrogens with two attached hydrogens (primary N) is 1. The molecule has 1 aliphatic heterocycles. The molecule has 2 N–H and O–H groups in total. The molecule has 0 amide bonds. The van der Waals surface area contributed by atoms with Crippen LogP contribution in [-0.4, -0.2) is 25.2 Å². The van der Waals surface area contributed by atoms with E-state index in [1.165, 1.54) is 4.88 Å². The number of thiazole rings is 1. The fourth-order valence-electron chi connectivity index (χ4n) is 2.21. The standard InChI is InChI=1S/C14H16N2O2S/c1-17-9-2-3-10-11(8-9)18-7-5-12-14(10)16-13(19-12)4-6-15/h2-3,8H,4-7,15H2,1H3. The van der Waals surface area contributed by atoms with E-state index in [9.17, 15) is 0 Å². The maximum Gasteiger partial charge on any atom is 0.132 e. The lowest BCUT2D eigenvalue weighted by Crippen LogP contribution is -2.02. The van der Waals surface area contributed by atoms with E-state index in [1.54, 1.807) is 18.4 Å². The van der Waals surface area contributed by atoms with Crippen molar-refractivity contribution in [3.05, 3.63) is 28.1 Å². The van der Waals surface area contributed by atoms with Gasteiger partial charge in [-0.1, -0.05) is 0 Å². The second-order valence-electron chi connectivity index (χ2n) is 4.38. The van der Waals surface area contributed by atoms with E-state index in [1.807, 2.05) is 18.2 Å².